The quantitative estimate of drug-likeness (QED) is 0.575. The molecule has 7 nitrogen and oxygen atoms in total. The molecule has 2 N–H and O–H groups in total. The number of alkyl halides is 3. The number of rotatable bonds is 7. The van der Waals surface area contributed by atoms with Crippen molar-refractivity contribution < 1.29 is 22.4 Å². The van der Waals surface area contributed by atoms with Gasteiger partial charge in [-0.1, -0.05) is 23.4 Å². The number of aryl methyl sites for hydroxylation is 1. The molecule has 0 radical (unpaired) electrons. The van der Waals surface area contributed by atoms with E-state index >= 15 is 0 Å². The van der Waals surface area contributed by atoms with Crippen molar-refractivity contribution in [3.63, 3.8) is 0 Å². The molecule has 1 heterocycles. The van der Waals surface area contributed by atoms with Gasteiger partial charge in [-0.15, -0.1) is 13.2 Å². The van der Waals surface area contributed by atoms with Gasteiger partial charge in [0.15, 0.2) is 11.8 Å². The molecule has 2 aromatic rings. The molecule has 2 rings (SSSR count). The van der Waals surface area contributed by atoms with E-state index in [1.54, 1.807) is 13.0 Å². The summed E-state index contributed by atoms with van der Waals surface area (Å²) in [6.07, 6.45) is -4.25. The van der Waals surface area contributed by atoms with Crippen molar-refractivity contribution in [2.24, 2.45) is 4.99 Å². The third kappa shape index (κ3) is 6.61. The lowest BCUT2D eigenvalue weighted by atomic mass is 10.2. The Morgan fingerprint density at radius 2 is 2.04 bits per heavy atom. The molecule has 1 aromatic carbocycles. The molecule has 0 aliphatic heterocycles. The lowest BCUT2D eigenvalue weighted by Gasteiger charge is -2.13. The monoisotopic (exact) mass is 371 g/mol. The number of guanidine groups is 1. The molecule has 1 aromatic heterocycles. The van der Waals surface area contributed by atoms with Crippen LogP contribution in [0.3, 0.4) is 0 Å². The summed E-state index contributed by atoms with van der Waals surface area (Å²) < 4.78 is 46.4. The SMILES string of the molecule is CCNC(=NCc1ccccc1OC(F)(F)F)NCCc1nc(C)no1. The van der Waals surface area contributed by atoms with E-state index in [-0.39, 0.29) is 12.3 Å². The first-order chi connectivity index (χ1) is 12.4. The fourth-order valence-electron chi connectivity index (χ4n) is 2.09. The molecular weight excluding hydrogens is 351 g/mol. The predicted octanol–water partition coefficient (Wildman–Crippen LogP) is 2.57. The minimum absolute atomic E-state index is 0.0290. The Morgan fingerprint density at radius 3 is 2.69 bits per heavy atom. The van der Waals surface area contributed by atoms with Crippen LogP contribution in [0, 0.1) is 6.92 Å². The molecule has 10 heteroatoms. The van der Waals surface area contributed by atoms with Gasteiger partial charge in [0.25, 0.3) is 0 Å². The molecule has 0 unspecified atom stereocenters. The van der Waals surface area contributed by atoms with Crippen molar-refractivity contribution >= 4 is 5.96 Å². The second-order valence-corrected chi connectivity index (χ2v) is 5.26. The van der Waals surface area contributed by atoms with Gasteiger partial charge in [-0.25, -0.2) is 4.99 Å². The van der Waals surface area contributed by atoms with Crippen LogP contribution in [-0.4, -0.2) is 35.6 Å². The van der Waals surface area contributed by atoms with Crippen LogP contribution in [0.15, 0.2) is 33.8 Å². The maximum absolute atomic E-state index is 12.5. The highest BCUT2D eigenvalue weighted by Gasteiger charge is 2.31. The summed E-state index contributed by atoms with van der Waals surface area (Å²) in [7, 11) is 0. The lowest BCUT2D eigenvalue weighted by molar-refractivity contribution is -0.274. The Balaban J connectivity index is 1.97. The number of hydrogen-bond acceptors (Lipinski definition) is 5. The number of para-hydroxylation sites is 1. The van der Waals surface area contributed by atoms with E-state index in [0.29, 0.717) is 42.7 Å². The topological polar surface area (TPSA) is 84.6 Å². The molecule has 0 amide bonds. The molecule has 0 fully saturated rings. The summed E-state index contributed by atoms with van der Waals surface area (Å²) in [6.45, 7) is 4.73. The third-order valence-electron chi connectivity index (χ3n) is 3.15. The second-order valence-electron chi connectivity index (χ2n) is 5.26. The Labute approximate surface area is 148 Å². The van der Waals surface area contributed by atoms with E-state index in [4.69, 9.17) is 4.52 Å². The Morgan fingerprint density at radius 1 is 1.27 bits per heavy atom. The second kappa shape index (κ2) is 9.07. The van der Waals surface area contributed by atoms with Crippen LogP contribution in [0.4, 0.5) is 13.2 Å². The van der Waals surface area contributed by atoms with Crippen LogP contribution < -0.4 is 15.4 Å². The minimum atomic E-state index is -4.75. The Kier molecular flexibility index (Phi) is 6.81. The summed E-state index contributed by atoms with van der Waals surface area (Å²) >= 11 is 0. The van der Waals surface area contributed by atoms with Gasteiger partial charge in [-0.05, 0) is 19.9 Å². The van der Waals surface area contributed by atoms with Crippen molar-refractivity contribution in [3.8, 4) is 5.75 Å². The fraction of sp³-hybridized carbons (Fsp3) is 0.438. The zero-order valence-corrected chi connectivity index (χ0v) is 14.4. The molecule has 0 aliphatic carbocycles. The summed E-state index contributed by atoms with van der Waals surface area (Å²) in [5.41, 5.74) is 0.328. The van der Waals surface area contributed by atoms with Gasteiger partial charge < -0.3 is 19.9 Å². The highest BCUT2D eigenvalue weighted by molar-refractivity contribution is 5.79. The van der Waals surface area contributed by atoms with E-state index in [9.17, 15) is 13.2 Å². The molecule has 142 valence electrons. The average Bonchev–Trinajstić information content (AvgIpc) is 2.98. The van der Waals surface area contributed by atoms with E-state index < -0.39 is 6.36 Å². The van der Waals surface area contributed by atoms with Gasteiger partial charge in [0.05, 0.1) is 6.54 Å². The average molecular weight is 371 g/mol. The number of aliphatic imine (C=N–C) groups is 1. The van der Waals surface area contributed by atoms with Gasteiger partial charge in [-0.3, -0.25) is 0 Å². The largest absolute Gasteiger partial charge is 0.573 e. The van der Waals surface area contributed by atoms with E-state index in [1.165, 1.54) is 18.2 Å². The molecule has 26 heavy (non-hydrogen) atoms. The molecule has 0 aliphatic rings. The van der Waals surface area contributed by atoms with Crippen LogP contribution >= 0.6 is 0 Å². The van der Waals surface area contributed by atoms with Crippen LogP contribution in [0.25, 0.3) is 0 Å². The first-order valence-corrected chi connectivity index (χ1v) is 8.02. The number of halogens is 3. The van der Waals surface area contributed by atoms with E-state index in [0.717, 1.165) is 0 Å². The molecular formula is C16H20F3N5O2. The predicted molar refractivity (Wildman–Crippen MR) is 88.7 cm³/mol. The lowest BCUT2D eigenvalue weighted by Crippen LogP contribution is -2.38. The van der Waals surface area contributed by atoms with Crippen molar-refractivity contribution in [1.29, 1.82) is 0 Å². The minimum Gasteiger partial charge on any atom is -0.405 e. The Hall–Kier alpha value is -2.78. The zero-order valence-electron chi connectivity index (χ0n) is 14.4. The van der Waals surface area contributed by atoms with Crippen molar-refractivity contribution in [3.05, 3.63) is 41.5 Å². The van der Waals surface area contributed by atoms with Gasteiger partial charge in [-0.2, -0.15) is 4.98 Å². The maximum Gasteiger partial charge on any atom is 0.573 e. The number of ether oxygens (including phenoxy) is 1. The smallest absolute Gasteiger partial charge is 0.405 e. The van der Waals surface area contributed by atoms with Crippen molar-refractivity contribution in [1.82, 2.24) is 20.8 Å². The van der Waals surface area contributed by atoms with Crippen LogP contribution in [0.1, 0.15) is 24.2 Å². The van der Waals surface area contributed by atoms with Crippen LogP contribution in [0.2, 0.25) is 0 Å². The number of hydrogen-bond donors (Lipinski definition) is 2. The summed E-state index contributed by atoms with van der Waals surface area (Å²) in [5.74, 6) is 1.25. The van der Waals surface area contributed by atoms with Gasteiger partial charge in [0.1, 0.15) is 5.75 Å². The number of nitrogens with one attached hydrogen (secondary N) is 2. The maximum atomic E-state index is 12.5. The van der Waals surface area contributed by atoms with Crippen molar-refractivity contribution in [2.45, 2.75) is 33.2 Å². The van der Waals surface area contributed by atoms with Gasteiger partial charge in [0, 0.05) is 25.1 Å². The molecule has 0 saturated carbocycles. The molecule has 0 saturated heterocycles. The van der Waals surface area contributed by atoms with Crippen LogP contribution in [-0.2, 0) is 13.0 Å². The normalized spacial score (nSPS) is 12.1. The molecule has 0 atom stereocenters. The number of aromatic nitrogens is 2. The molecule has 0 spiro atoms. The standard InChI is InChI=1S/C16H20F3N5O2/c1-3-20-15(21-9-8-14-23-11(2)24-26-14)22-10-12-6-4-5-7-13(12)25-16(17,18)19/h4-7H,3,8-10H2,1-2H3,(H2,20,21,22). The summed E-state index contributed by atoms with van der Waals surface area (Å²) in [5, 5.41) is 9.79. The van der Waals surface area contributed by atoms with Gasteiger partial charge >= 0.3 is 6.36 Å². The highest BCUT2D eigenvalue weighted by Crippen LogP contribution is 2.26. The first kappa shape index (κ1) is 19.5. The highest BCUT2D eigenvalue weighted by atomic mass is 19.4. The molecule has 0 bridgehead atoms. The van der Waals surface area contributed by atoms with Crippen molar-refractivity contribution in [2.75, 3.05) is 13.1 Å². The summed E-state index contributed by atoms with van der Waals surface area (Å²) in [6, 6.07) is 5.91. The van der Waals surface area contributed by atoms with E-state index in [1.807, 2.05) is 6.92 Å². The van der Waals surface area contributed by atoms with Crippen LogP contribution in [0.5, 0.6) is 5.75 Å². The third-order valence-corrected chi connectivity index (χ3v) is 3.15. The van der Waals surface area contributed by atoms with Gasteiger partial charge in [0.2, 0.25) is 5.89 Å². The van der Waals surface area contributed by atoms with E-state index in [2.05, 4.69) is 30.5 Å². The zero-order chi connectivity index (χ0) is 19.0. The number of nitrogens with zero attached hydrogens (tertiary/aromatic N) is 3. The summed E-state index contributed by atoms with van der Waals surface area (Å²) in [4.78, 5) is 8.38. The Bertz CT molecular complexity index is 731. The number of benzene rings is 1. The fourth-order valence-corrected chi connectivity index (χ4v) is 2.09. The first-order valence-electron chi connectivity index (χ1n) is 8.02.